The average molecular weight is 272 g/mol. The van der Waals surface area contributed by atoms with Crippen molar-refractivity contribution < 1.29 is 9.21 Å². The summed E-state index contributed by atoms with van der Waals surface area (Å²) >= 11 is 0. The van der Waals surface area contributed by atoms with Crippen LogP contribution in [0.4, 0.5) is 5.95 Å². The predicted octanol–water partition coefficient (Wildman–Crippen LogP) is 1.47. The van der Waals surface area contributed by atoms with Gasteiger partial charge in [0.25, 0.3) is 0 Å². The second-order valence-electron chi connectivity index (χ2n) is 4.31. The second-order valence-corrected chi connectivity index (χ2v) is 4.31. The summed E-state index contributed by atoms with van der Waals surface area (Å²) in [4.78, 5) is 21.9. The van der Waals surface area contributed by atoms with Gasteiger partial charge in [-0.25, -0.2) is 9.97 Å². The summed E-state index contributed by atoms with van der Waals surface area (Å²) in [5.41, 5.74) is 0.753. The van der Waals surface area contributed by atoms with Gasteiger partial charge in [0.2, 0.25) is 11.9 Å². The molecule has 0 aliphatic heterocycles. The maximum Gasteiger partial charge on any atom is 0.244 e. The van der Waals surface area contributed by atoms with Crippen molar-refractivity contribution in [2.45, 2.75) is 6.54 Å². The number of carbonyl (C=O) groups excluding carboxylic acids is 1. The van der Waals surface area contributed by atoms with Crippen molar-refractivity contribution in [3.63, 3.8) is 0 Å². The van der Waals surface area contributed by atoms with Gasteiger partial charge in [-0.1, -0.05) is 0 Å². The molecule has 0 saturated heterocycles. The lowest BCUT2D eigenvalue weighted by Crippen LogP contribution is -2.22. The summed E-state index contributed by atoms with van der Waals surface area (Å²) < 4.78 is 5.10. The van der Waals surface area contributed by atoms with Crippen LogP contribution in [-0.2, 0) is 11.3 Å². The summed E-state index contributed by atoms with van der Waals surface area (Å²) in [6.45, 7) is 0.352. The maximum absolute atomic E-state index is 11.6. The molecule has 2 aromatic rings. The van der Waals surface area contributed by atoms with Crippen LogP contribution in [0.3, 0.4) is 0 Å². The molecule has 0 bridgehead atoms. The fourth-order valence-corrected chi connectivity index (χ4v) is 1.48. The molecule has 20 heavy (non-hydrogen) atoms. The standard InChI is InChI=1S/C14H16N4O2/c1-18(2)14-15-8-7-11(17-14)10-16-13(19)6-5-12-4-3-9-20-12/h3-9H,10H2,1-2H3,(H,16,19). The molecule has 104 valence electrons. The number of rotatable bonds is 5. The SMILES string of the molecule is CN(C)c1nccc(CNC(=O)C=Cc2ccco2)n1. The Balaban J connectivity index is 1.88. The van der Waals surface area contributed by atoms with Gasteiger partial charge in [0, 0.05) is 26.4 Å². The molecular weight excluding hydrogens is 256 g/mol. The van der Waals surface area contributed by atoms with Gasteiger partial charge in [0.15, 0.2) is 0 Å². The van der Waals surface area contributed by atoms with Crippen molar-refractivity contribution in [1.29, 1.82) is 0 Å². The van der Waals surface area contributed by atoms with E-state index in [4.69, 9.17) is 4.42 Å². The smallest absolute Gasteiger partial charge is 0.244 e. The van der Waals surface area contributed by atoms with Crippen LogP contribution in [0.1, 0.15) is 11.5 Å². The van der Waals surface area contributed by atoms with E-state index in [2.05, 4.69) is 15.3 Å². The van der Waals surface area contributed by atoms with E-state index in [0.29, 0.717) is 18.3 Å². The normalized spacial score (nSPS) is 10.7. The molecule has 2 aromatic heterocycles. The molecule has 6 heteroatoms. The Bertz CT molecular complexity index is 591. The molecule has 0 aromatic carbocycles. The number of nitrogens with one attached hydrogen (secondary N) is 1. The molecule has 6 nitrogen and oxygen atoms in total. The third-order valence-corrected chi connectivity index (χ3v) is 2.49. The number of furan rings is 1. The van der Waals surface area contributed by atoms with Gasteiger partial charge in [-0.2, -0.15) is 0 Å². The van der Waals surface area contributed by atoms with Crippen LogP contribution in [0.2, 0.25) is 0 Å². The van der Waals surface area contributed by atoms with Crippen LogP contribution in [0, 0.1) is 0 Å². The zero-order valence-corrected chi connectivity index (χ0v) is 11.4. The molecule has 0 aliphatic carbocycles. The Kier molecular flexibility index (Phi) is 4.49. The number of amides is 1. The first-order valence-electron chi connectivity index (χ1n) is 6.14. The molecule has 1 N–H and O–H groups in total. The van der Waals surface area contributed by atoms with Gasteiger partial charge in [-0.05, 0) is 24.3 Å². The Morgan fingerprint density at radius 1 is 1.45 bits per heavy atom. The van der Waals surface area contributed by atoms with Crippen LogP contribution in [0.25, 0.3) is 6.08 Å². The Hall–Kier alpha value is -2.63. The molecule has 1 amide bonds. The van der Waals surface area contributed by atoms with Crippen LogP contribution in [-0.4, -0.2) is 30.0 Å². The van der Waals surface area contributed by atoms with E-state index in [1.54, 1.807) is 36.7 Å². The number of hydrogen-bond acceptors (Lipinski definition) is 5. The van der Waals surface area contributed by atoms with Crippen LogP contribution < -0.4 is 10.2 Å². The molecule has 0 fully saturated rings. The lowest BCUT2D eigenvalue weighted by Gasteiger charge is -2.10. The fourth-order valence-electron chi connectivity index (χ4n) is 1.48. The molecule has 0 aliphatic rings. The summed E-state index contributed by atoms with van der Waals surface area (Å²) in [5, 5.41) is 2.75. The topological polar surface area (TPSA) is 71.3 Å². The molecule has 0 atom stereocenters. The summed E-state index contributed by atoms with van der Waals surface area (Å²) in [7, 11) is 3.73. The van der Waals surface area contributed by atoms with Crippen molar-refractivity contribution in [3.8, 4) is 0 Å². The van der Waals surface area contributed by atoms with E-state index in [9.17, 15) is 4.79 Å². The monoisotopic (exact) mass is 272 g/mol. The quantitative estimate of drug-likeness (QED) is 0.834. The Labute approximate surface area is 117 Å². The number of carbonyl (C=O) groups is 1. The molecule has 0 unspecified atom stereocenters. The lowest BCUT2D eigenvalue weighted by molar-refractivity contribution is -0.116. The molecule has 0 saturated carbocycles. The highest BCUT2D eigenvalue weighted by Gasteiger charge is 2.02. The average Bonchev–Trinajstić information content (AvgIpc) is 2.96. The van der Waals surface area contributed by atoms with Crippen molar-refractivity contribution in [1.82, 2.24) is 15.3 Å². The highest BCUT2D eigenvalue weighted by Crippen LogP contribution is 2.04. The van der Waals surface area contributed by atoms with Crippen molar-refractivity contribution in [2.24, 2.45) is 0 Å². The van der Waals surface area contributed by atoms with Crippen LogP contribution in [0.15, 0.2) is 41.2 Å². The summed E-state index contributed by atoms with van der Waals surface area (Å²) in [6, 6.07) is 5.31. The molecule has 2 rings (SSSR count). The van der Waals surface area contributed by atoms with Gasteiger partial charge in [-0.15, -0.1) is 0 Å². The van der Waals surface area contributed by atoms with E-state index in [-0.39, 0.29) is 5.91 Å². The minimum absolute atomic E-state index is 0.202. The summed E-state index contributed by atoms with van der Waals surface area (Å²) in [6.07, 6.45) is 6.26. The zero-order chi connectivity index (χ0) is 14.4. The van der Waals surface area contributed by atoms with Crippen molar-refractivity contribution in [3.05, 3.63) is 48.2 Å². The van der Waals surface area contributed by atoms with Crippen LogP contribution in [0.5, 0.6) is 0 Å². The van der Waals surface area contributed by atoms with E-state index in [0.717, 1.165) is 5.69 Å². The minimum atomic E-state index is -0.202. The Morgan fingerprint density at radius 3 is 3.00 bits per heavy atom. The van der Waals surface area contributed by atoms with Gasteiger partial charge in [0.1, 0.15) is 5.76 Å². The number of nitrogens with zero attached hydrogens (tertiary/aromatic N) is 3. The van der Waals surface area contributed by atoms with Gasteiger partial charge < -0.3 is 14.6 Å². The minimum Gasteiger partial charge on any atom is -0.465 e. The van der Waals surface area contributed by atoms with Crippen molar-refractivity contribution in [2.75, 3.05) is 19.0 Å². The first-order valence-corrected chi connectivity index (χ1v) is 6.14. The molecule has 2 heterocycles. The van der Waals surface area contributed by atoms with Gasteiger partial charge >= 0.3 is 0 Å². The number of anilines is 1. The van der Waals surface area contributed by atoms with E-state index in [1.165, 1.54) is 6.08 Å². The predicted molar refractivity (Wildman–Crippen MR) is 75.9 cm³/mol. The van der Waals surface area contributed by atoms with Crippen molar-refractivity contribution >= 4 is 17.9 Å². The van der Waals surface area contributed by atoms with Crippen LogP contribution >= 0.6 is 0 Å². The summed E-state index contributed by atoms with van der Waals surface area (Å²) in [5.74, 6) is 1.05. The van der Waals surface area contributed by atoms with E-state index in [1.807, 2.05) is 19.0 Å². The van der Waals surface area contributed by atoms with Gasteiger partial charge in [-0.3, -0.25) is 4.79 Å². The van der Waals surface area contributed by atoms with E-state index < -0.39 is 0 Å². The lowest BCUT2D eigenvalue weighted by atomic mass is 10.3. The third kappa shape index (κ3) is 3.94. The largest absolute Gasteiger partial charge is 0.465 e. The third-order valence-electron chi connectivity index (χ3n) is 2.49. The number of aromatic nitrogens is 2. The zero-order valence-electron chi connectivity index (χ0n) is 11.4. The number of hydrogen-bond donors (Lipinski definition) is 1. The maximum atomic E-state index is 11.6. The van der Waals surface area contributed by atoms with E-state index >= 15 is 0 Å². The molecular formula is C14H16N4O2. The first-order chi connectivity index (χ1) is 9.65. The molecule has 0 spiro atoms. The first kappa shape index (κ1) is 13.8. The highest BCUT2D eigenvalue weighted by molar-refractivity contribution is 5.91. The molecule has 0 radical (unpaired) electrons. The van der Waals surface area contributed by atoms with Gasteiger partial charge in [0.05, 0.1) is 18.5 Å². The second kappa shape index (κ2) is 6.51. The fraction of sp³-hybridized carbons (Fsp3) is 0.214. The highest BCUT2D eigenvalue weighted by atomic mass is 16.3. The Morgan fingerprint density at radius 2 is 2.30 bits per heavy atom.